The average molecular weight is 359 g/mol. The number of aromatic nitrogens is 2. The molecule has 1 aliphatic rings. The summed E-state index contributed by atoms with van der Waals surface area (Å²) < 4.78 is 15.7. The summed E-state index contributed by atoms with van der Waals surface area (Å²) >= 11 is 0. The zero-order chi connectivity index (χ0) is 18.7. The van der Waals surface area contributed by atoms with E-state index in [0.717, 1.165) is 0 Å². The van der Waals surface area contributed by atoms with Crippen molar-refractivity contribution in [2.75, 3.05) is 26.9 Å². The fourth-order valence-corrected chi connectivity index (χ4v) is 2.92. The van der Waals surface area contributed by atoms with Crippen molar-refractivity contribution in [2.24, 2.45) is 0 Å². The molecule has 1 aromatic heterocycles. The molecule has 7 nitrogen and oxygen atoms in total. The Morgan fingerprint density at radius 2 is 2.04 bits per heavy atom. The molecule has 7 heteroatoms. The lowest BCUT2D eigenvalue weighted by atomic mass is 9.86. The van der Waals surface area contributed by atoms with Gasteiger partial charge in [0.05, 0.1) is 13.2 Å². The van der Waals surface area contributed by atoms with E-state index >= 15 is 0 Å². The molecule has 26 heavy (non-hydrogen) atoms. The van der Waals surface area contributed by atoms with Gasteiger partial charge in [-0.1, -0.05) is 38.1 Å². The van der Waals surface area contributed by atoms with Gasteiger partial charge >= 0.3 is 0 Å². The van der Waals surface area contributed by atoms with E-state index in [1.165, 1.54) is 5.56 Å². The second-order valence-electron chi connectivity index (χ2n) is 7.40. The molecule has 2 heterocycles. The highest BCUT2D eigenvalue weighted by molar-refractivity contribution is 5.94. The quantitative estimate of drug-likeness (QED) is 0.835. The first-order chi connectivity index (χ1) is 12.4. The summed E-state index contributed by atoms with van der Waals surface area (Å²) in [5.41, 5.74) is 1.88. The molecule has 0 saturated carbocycles. The Kier molecular flexibility index (Phi) is 5.38. The van der Waals surface area contributed by atoms with E-state index in [1.54, 1.807) is 12.0 Å². The average Bonchev–Trinajstić information content (AvgIpc) is 3.09. The molecule has 0 aliphatic carbocycles. The van der Waals surface area contributed by atoms with E-state index in [2.05, 4.69) is 30.9 Å². The van der Waals surface area contributed by atoms with Crippen molar-refractivity contribution in [1.29, 1.82) is 0 Å². The van der Waals surface area contributed by atoms with Crippen molar-refractivity contribution < 1.29 is 18.8 Å². The third-order valence-electron chi connectivity index (χ3n) is 4.44. The number of rotatable bonds is 4. The minimum absolute atomic E-state index is 0.0471. The summed E-state index contributed by atoms with van der Waals surface area (Å²) in [5.74, 6) is 0.767. The fraction of sp³-hybridized carbons (Fsp3) is 0.526. The summed E-state index contributed by atoms with van der Waals surface area (Å²) in [6.07, 6.45) is 0. The van der Waals surface area contributed by atoms with Crippen molar-refractivity contribution >= 4 is 5.91 Å². The molecule has 0 N–H and O–H groups in total. The second-order valence-corrected chi connectivity index (χ2v) is 7.40. The van der Waals surface area contributed by atoms with Crippen molar-refractivity contribution in [2.45, 2.75) is 38.8 Å². The molecule has 0 bridgehead atoms. The number of morpholine rings is 1. The maximum Gasteiger partial charge on any atom is 0.254 e. The number of nitrogens with zero attached hydrogens (tertiary/aromatic N) is 3. The Hall–Kier alpha value is -2.25. The van der Waals surface area contributed by atoms with E-state index in [1.807, 2.05) is 24.3 Å². The van der Waals surface area contributed by atoms with Crippen LogP contribution in [0.3, 0.4) is 0 Å². The van der Waals surface area contributed by atoms with Gasteiger partial charge < -0.3 is 18.9 Å². The van der Waals surface area contributed by atoms with E-state index < -0.39 is 0 Å². The van der Waals surface area contributed by atoms with Crippen LogP contribution in [0.2, 0.25) is 0 Å². The van der Waals surface area contributed by atoms with Gasteiger partial charge in [0, 0.05) is 19.2 Å². The molecule has 1 fully saturated rings. The molecule has 3 rings (SSSR count). The summed E-state index contributed by atoms with van der Waals surface area (Å²) in [6.45, 7) is 8.01. The highest BCUT2D eigenvalue weighted by atomic mass is 16.5. The topological polar surface area (TPSA) is 77.7 Å². The molecule has 0 spiro atoms. The van der Waals surface area contributed by atoms with Crippen LogP contribution in [0.4, 0.5) is 0 Å². The minimum Gasteiger partial charge on any atom is -0.377 e. The molecule has 0 radical (unpaired) electrons. The van der Waals surface area contributed by atoms with Gasteiger partial charge in [-0.25, -0.2) is 0 Å². The summed E-state index contributed by atoms with van der Waals surface area (Å²) in [4.78, 5) is 19.1. The Morgan fingerprint density at radius 1 is 1.31 bits per heavy atom. The zero-order valence-corrected chi connectivity index (χ0v) is 15.7. The highest BCUT2D eigenvalue weighted by Gasteiger charge is 2.33. The van der Waals surface area contributed by atoms with Gasteiger partial charge in [-0.2, -0.15) is 4.98 Å². The summed E-state index contributed by atoms with van der Waals surface area (Å²) in [6, 6.07) is 7.40. The van der Waals surface area contributed by atoms with Crippen LogP contribution >= 0.6 is 0 Å². The molecular formula is C19H25N3O4. The van der Waals surface area contributed by atoms with Gasteiger partial charge in [-0.05, 0) is 23.1 Å². The normalized spacial score (nSPS) is 18.2. The van der Waals surface area contributed by atoms with Crippen LogP contribution < -0.4 is 0 Å². The van der Waals surface area contributed by atoms with Crippen molar-refractivity contribution in [1.82, 2.24) is 15.0 Å². The van der Waals surface area contributed by atoms with Crippen LogP contribution in [-0.2, 0) is 21.5 Å². The van der Waals surface area contributed by atoms with Gasteiger partial charge in [0.2, 0.25) is 0 Å². The van der Waals surface area contributed by atoms with E-state index in [9.17, 15) is 4.79 Å². The predicted molar refractivity (Wildman–Crippen MR) is 94.7 cm³/mol. The summed E-state index contributed by atoms with van der Waals surface area (Å²) in [5, 5.41) is 3.99. The lowest BCUT2D eigenvalue weighted by Crippen LogP contribution is -2.43. The van der Waals surface area contributed by atoms with Crippen LogP contribution in [-0.4, -0.2) is 47.8 Å². The van der Waals surface area contributed by atoms with E-state index in [0.29, 0.717) is 37.0 Å². The molecule has 1 aliphatic heterocycles. The van der Waals surface area contributed by atoms with Crippen molar-refractivity contribution in [3.05, 3.63) is 47.1 Å². The van der Waals surface area contributed by atoms with Gasteiger partial charge in [0.1, 0.15) is 12.6 Å². The fourth-order valence-electron chi connectivity index (χ4n) is 2.92. The number of methoxy groups -OCH3 is 1. The van der Waals surface area contributed by atoms with Crippen LogP contribution in [0, 0.1) is 0 Å². The number of carbonyl (C=O) groups is 1. The number of hydrogen-bond donors (Lipinski definition) is 0. The van der Waals surface area contributed by atoms with Crippen LogP contribution in [0.25, 0.3) is 0 Å². The standard InChI is InChI=1S/C19H25N3O4/c1-19(2,3)14-7-5-13(6-8-14)18(23)22-9-10-25-11-15(22)17-20-16(12-24-4)26-21-17/h5-8,15H,9-12H2,1-4H3/t15-/m1/s1. The van der Waals surface area contributed by atoms with Crippen LogP contribution in [0.15, 0.2) is 28.8 Å². The molecule has 1 atom stereocenters. The first-order valence-electron chi connectivity index (χ1n) is 8.71. The second kappa shape index (κ2) is 7.55. The SMILES string of the molecule is COCc1nc([C@H]2COCCN2C(=O)c2ccc(C(C)(C)C)cc2)no1. The van der Waals surface area contributed by atoms with Gasteiger partial charge in [0.15, 0.2) is 5.82 Å². The number of ether oxygens (including phenoxy) is 2. The van der Waals surface area contributed by atoms with Gasteiger partial charge in [-0.3, -0.25) is 4.79 Å². The summed E-state index contributed by atoms with van der Waals surface area (Å²) in [7, 11) is 1.56. The molecule has 1 saturated heterocycles. The molecule has 0 unspecified atom stereocenters. The lowest BCUT2D eigenvalue weighted by Gasteiger charge is -2.33. The Balaban J connectivity index is 1.81. The van der Waals surface area contributed by atoms with Crippen LogP contribution in [0.1, 0.15) is 54.4 Å². The molecule has 1 aromatic carbocycles. The maximum absolute atomic E-state index is 13.0. The zero-order valence-electron chi connectivity index (χ0n) is 15.7. The van der Waals surface area contributed by atoms with Gasteiger partial charge in [-0.15, -0.1) is 0 Å². The van der Waals surface area contributed by atoms with Gasteiger partial charge in [0.25, 0.3) is 11.8 Å². The third-order valence-corrected chi connectivity index (χ3v) is 4.44. The van der Waals surface area contributed by atoms with Crippen LogP contribution in [0.5, 0.6) is 0 Å². The Bertz CT molecular complexity index is 749. The Labute approximate surface area is 153 Å². The van der Waals surface area contributed by atoms with E-state index in [-0.39, 0.29) is 24.0 Å². The first-order valence-corrected chi connectivity index (χ1v) is 8.71. The predicted octanol–water partition coefficient (Wildman–Crippen LogP) is 2.73. The largest absolute Gasteiger partial charge is 0.377 e. The number of hydrogen-bond acceptors (Lipinski definition) is 6. The number of amides is 1. The molecule has 1 amide bonds. The monoisotopic (exact) mass is 359 g/mol. The third kappa shape index (κ3) is 3.94. The highest BCUT2D eigenvalue weighted by Crippen LogP contribution is 2.26. The van der Waals surface area contributed by atoms with Crippen molar-refractivity contribution in [3.8, 4) is 0 Å². The van der Waals surface area contributed by atoms with E-state index in [4.69, 9.17) is 14.0 Å². The molecular weight excluding hydrogens is 334 g/mol. The molecule has 2 aromatic rings. The minimum atomic E-state index is -0.368. The molecule has 140 valence electrons. The smallest absolute Gasteiger partial charge is 0.254 e. The number of benzene rings is 1. The maximum atomic E-state index is 13.0. The first kappa shape index (κ1) is 18.5. The Morgan fingerprint density at radius 3 is 2.69 bits per heavy atom. The lowest BCUT2D eigenvalue weighted by molar-refractivity contribution is -0.00577. The van der Waals surface area contributed by atoms with Crippen molar-refractivity contribution in [3.63, 3.8) is 0 Å². The number of carbonyl (C=O) groups excluding carboxylic acids is 1.